The summed E-state index contributed by atoms with van der Waals surface area (Å²) in [4.78, 5) is 23.7. The number of carbonyl (C=O) groups is 2. The lowest BCUT2D eigenvalue weighted by atomic mass is 9.88. The fourth-order valence-electron chi connectivity index (χ4n) is 4.23. The van der Waals surface area contributed by atoms with E-state index in [1.165, 1.54) is 44.1 Å². The molecule has 2 atom stereocenters. The number of piperidine rings is 1. The molecule has 0 saturated carbocycles. The zero-order valence-corrected chi connectivity index (χ0v) is 16.8. The van der Waals surface area contributed by atoms with Crippen molar-refractivity contribution in [1.82, 2.24) is 15.1 Å². The van der Waals surface area contributed by atoms with E-state index in [1.807, 2.05) is 11.7 Å². The standard InChI is InChI=1S/C22H31N3O2/c1-4-6-7-9-15(8-5-2)16-10-11-17-19(14-16)25(3)24-21(17)18-12-13-20(26)23-22(18)27/h10-11,14-15,18H,4-9,12-13H2,1-3H3,(H,23,26,27). The average molecular weight is 370 g/mol. The SMILES string of the molecule is CCCCCC(CCC)c1ccc2c(C3CCC(=O)NC3=O)nn(C)c2c1. The summed E-state index contributed by atoms with van der Waals surface area (Å²) in [5.74, 6) is -0.167. The number of imide groups is 1. The van der Waals surface area contributed by atoms with E-state index in [0.29, 0.717) is 18.8 Å². The molecule has 5 heteroatoms. The van der Waals surface area contributed by atoms with Gasteiger partial charge in [0.05, 0.1) is 17.1 Å². The molecule has 146 valence electrons. The third-order valence-electron chi connectivity index (χ3n) is 5.74. The van der Waals surface area contributed by atoms with Gasteiger partial charge in [0, 0.05) is 18.9 Å². The van der Waals surface area contributed by atoms with Gasteiger partial charge in [0.25, 0.3) is 0 Å². The van der Waals surface area contributed by atoms with Crippen LogP contribution in [0.15, 0.2) is 18.2 Å². The van der Waals surface area contributed by atoms with E-state index >= 15 is 0 Å². The fourth-order valence-corrected chi connectivity index (χ4v) is 4.23. The molecular weight excluding hydrogens is 338 g/mol. The molecule has 3 rings (SSSR count). The summed E-state index contributed by atoms with van der Waals surface area (Å²) in [5, 5.41) is 8.13. The number of aryl methyl sites for hydroxylation is 1. The molecule has 1 N–H and O–H groups in total. The van der Waals surface area contributed by atoms with Crippen molar-refractivity contribution in [3.8, 4) is 0 Å². The zero-order chi connectivity index (χ0) is 19.4. The van der Waals surface area contributed by atoms with Gasteiger partial charge in [0.2, 0.25) is 11.8 Å². The maximum absolute atomic E-state index is 12.3. The molecule has 1 aliphatic heterocycles. The van der Waals surface area contributed by atoms with Gasteiger partial charge in [-0.05, 0) is 36.8 Å². The number of hydrogen-bond donors (Lipinski definition) is 1. The minimum Gasteiger partial charge on any atom is -0.296 e. The van der Waals surface area contributed by atoms with Crippen molar-refractivity contribution in [2.24, 2.45) is 7.05 Å². The number of nitrogens with one attached hydrogen (secondary N) is 1. The lowest BCUT2D eigenvalue weighted by Crippen LogP contribution is -2.39. The summed E-state index contributed by atoms with van der Waals surface area (Å²) in [6.45, 7) is 4.49. The van der Waals surface area contributed by atoms with E-state index in [-0.39, 0.29) is 17.7 Å². The molecule has 2 unspecified atom stereocenters. The monoisotopic (exact) mass is 369 g/mol. The van der Waals surface area contributed by atoms with Crippen LogP contribution in [0.5, 0.6) is 0 Å². The number of benzene rings is 1. The van der Waals surface area contributed by atoms with Gasteiger partial charge in [-0.15, -0.1) is 0 Å². The van der Waals surface area contributed by atoms with Crippen LogP contribution in [0.25, 0.3) is 10.9 Å². The third kappa shape index (κ3) is 4.23. The molecule has 1 fully saturated rings. The predicted molar refractivity (Wildman–Crippen MR) is 108 cm³/mol. The van der Waals surface area contributed by atoms with E-state index in [4.69, 9.17) is 0 Å². The van der Waals surface area contributed by atoms with Crippen LogP contribution in [0.4, 0.5) is 0 Å². The number of hydrogen-bond acceptors (Lipinski definition) is 3. The largest absolute Gasteiger partial charge is 0.296 e. The molecule has 1 aliphatic rings. The van der Waals surface area contributed by atoms with Crippen molar-refractivity contribution in [3.05, 3.63) is 29.5 Å². The highest BCUT2D eigenvalue weighted by molar-refractivity contribution is 6.02. The van der Waals surface area contributed by atoms with Crippen LogP contribution in [0.1, 0.15) is 88.3 Å². The minimum atomic E-state index is -0.340. The van der Waals surface area contributed by atoms with E-state index < -0.39 is 0 Å². The third-order valence-corrected chi connectivity index (χ3v) is 5.74. The normalized spacial score (nSPS) is 18.7. The molecule has 0 bridgehead atoms. The molecule has 0 radical (unpaired) electrons. The van der Waals surface area contributed by atoms with Crippen molar-refractivity contribution < 1.29 is 9.59 Å². The molecule has 5 nitrogen and oxygen atoms in total. The number of fused-ring (bicyclic) bond motifs is 1. The van der Waals surface area contributed by atoms with Gasteiger partial charge in [0.15, 0.2) is 0 Å². The van der Waals surface area contributed by atoms with Crippen LogP contribution in [-0.4, -0.2) is 21.6 Å². The Bertz CT molecular complexity index is 824. The highest BCUT2D eigenvalue weighted by atomic mass is 16.2. The first-order chi connectivity index (χ1) is 13.0. The van der Waals surface area contributed by atoms with E-state index in [9.17, 15) is 9.59 Å². The van der Waals surface area contributed by atoms with E-state index in [2.05, 4.69) is 42.5 Å². The van der Waals surface area contributed by atoms with Crippen molar-refractivity contribution in [1.29, 1.82) is 0 Å². The first kappa shape index (κ1) is 19.6. The van der Waals surface area contributed by atoms with Gasteiger partial charge in [-0.3, -0.25) is 19.6 Å². The Labute approximate surface area is 161 Å². The predicted octanol–water partition coefficient (Wildman–Crippen LogP) is 4.56. The quantitative estimate of drug-likeness (QED) is 0.548. The minimum absolute atomic E-state index is 0.187. The molecule has 1 aromatic carbocycles. The lowest BCUT2D eigenvalue weighted by molar-refractivity contribution is -0.134. The Morgan fingerprint density at radius 2 is 2.00 bits per heavy atom. The molecule has 2 aromatic rings. The maximum atomic E-state index is 12.3. The zero-order valence-electron chi connectivity index (χ0n) is 16.8. The highest BCUT2D eigenvalue weighted by Crippen LogP contribution is 2.34. The van der Waals surface area contributed by atoms with Gasteiger partial charge in [-0.2, -0.15) is 5.10 Å². The molecule has 0 spiro atoms. The Morgan fingerprint density at radius 3 is 2.70 bits per heavy atom. The van der Waals surface area contributed by atoms with Crippen LogP contribution in [0.3, 0.4) is 0 Å². The number of aromatic nitrogens is 2. The fraction of sp³-hybridized carbons (Fsp3) is 0.591. The Balaban J connectivity index is 1.90. The number of amides is 2. The number of carbonyl (C=O) groups excluding carboxylic acids is 2. The number of unbranched alkanes of at least 4 members (excludes halogenated alkanes) is 2. The van der Waals surface area contributed by atoms with Crippen molar-refractivity contribution in [2.45, 2.75) is 77.0 Å². The Kier molecular flexibility index (Phi) is 6.30. The van der Waals surface area contributed by atoms with Gasteiger partial charge < -0.3 is 0 Å². The summed E-state index contributed by atoms with van der Waals surface area (Å²) in [6, 6.07) is 6.59. The van der Waals surface area contributed by atoms with Gasteiger partial charge in [0.1, 0.15) is 0 Å². The summed E-state index contributed by atoms with van der Waals surface area (Å²) >= 11 is 0. The van der Waals surface area contributed by atoms with Crippen molar-refractivity contribution in [3.63, 3.8) is 0 Å². The molecule has 2 amide bonds. The summed E-state index contributed by atoms with van der Waals surface area (Å²) < 4.78 is 1.88. The highest BCUT2D eigenvalue weighted by Gasteiger charge is 2.31. The van der Waals surface area contributed by atoms with E-state index in [0.717, 1.165) is 16.6 Å². The molecular formula is C22H31N3O2. The Morgan fingerprint density at radius 1 is 1.19 bits per heavy atom. The van der Waals surface area contributed by atoms with Crippen LogP contribution in [0, 0.1) is 0 Å². The second-order valence-electron chi connectivity index (χ2n) is 7.77. The van der Waals surface area contributed by atoms with E-state index in [1.54, 1.807) is 0 Å². The summed E-state index contributed by atoms with van der Waals surface area (Å²) in [6.07, 6.45) is 8.32. The topological polar surface area (TPSA) is 64.0 Å². The molecule has 1 aromatic heterocycles. The van der Waals surface area contributed by atoms with Crippen LogP contribution >= 0.6 is 0 Å². The maximum Gasteiger partial charge on any atom is 0.235 e. The smallest absolute Gasteiger partial charge is 0.235 e. The first-order valence-electron chi connectivity index (χ1n) is 10.3. The Hall–Kier alpha value is -2.17. The number of rotatable bonds is 8. The second-order valence-corrected chi connectivity index (χ2v) is 7.77. The summed E-state index contributed by atoms with van der Waals surface area (Å²) in [7, 11) is 1.94. The van der Waals surface area contributed by atoms with Gasteiger partial charge in [-0.25, -0.2) is 0 Å². The van der Waals surface area contributed by atoms with Crippen molar-refractivity contribution in [2.75, 3.05) is 0 Å². The molecule has 0 aliphatic carbocycles. The summed E-state index contributed by atoms with van der Waals surface area (Å²) in [5.41, 5.74) is 3.24. The molecule has 27 heavy (non-hydrogen) atoms. The number of nitrogens with zero attached hydrogens (tertiary/aromatic N) is 2. The van der Waals surface area contributed by atoms with Crippen molar-refractivity contribution >= 4 is 22.7 Å². The average Bonchev–Trinajstić information content (AvgIpc) is 2.97. The van der Waals surface area contributed by atoms with Crippen LogP contribution in [-0.2, 0) is 16.6 Å². The lowest BCUT2D eigenvalue weighted by Gasteiger charge is -2.19. The van der Waals surface area contributed by atoms with Gasteiger partial charge >= 0.3 is 0 Å². The molecule has 2 heterocycles. The van der Waals surface area contributed by atoms with Crippen LogP contribution in [0.2, 0.25) is 0 Å². The van der Waals surface area contributed by atoms with Gasteiger partial charge in [-0.1, -0.05) is 51.7 Å². The molecule has 1 saturated heterocycles. The second kappa shape index (κ2) is 8.68. The van der Waals surface area contributed by atoms with Crippen LogP contribution < -0.4 is 5.32 Å². The first-order valence-corrected chi connectivity index (χ1v) is 10.3.